The van der Waals surface area contributed by atoms with Gasteiger partial charge in [0.15, 0.2) is 0 Å². The predicted octanol–water partition coefficient (Wildman–Crippen LogP) is 0.393. The number of likely N-dealkylation sites (N-methyl/N-ethyl adjacent to an activating group) is 2. The van der Waals surface area contributed by atoms with Gasteiger partial charge in [0.05, 0.1) is 6.04 Å². The summed E-state index contributed by atoms with van der Waals surface area (Å²) in [6, 6.07) is 0.451. The number of carbonyl (C=O) groups is 1. The highest BCUT2D eigenvalue weighted by Crippen LogP contribution is 1.92. The third kappa shape index (κ3) is 5.74. The second-order valence-electron chi connectivity index (χ2n) is 4.48. The fraction of sp³-hybridized carbons (Fsp3) is 0.909. The molecule has 0 heterocycles. The van der Waals surface area contributed by atoms with E-state index in [-0.39, 0.29) is 11.9 Å². The van der Waals surface area contributed by atoms with Gasteiger partial charge in [0.25, 0.3) is 0 Å². The van der Waals surface area contributed by atoms with Crippen LogP contribution in [0.3, 0.4) is 0 Å². The molecule has 1 unspecified atom stereocenters. The minimum Gasteiger partial charge on any atom is -0.347 e. The van der Waals surface area contributed by atoms with E-state index in [4.69, 9.17) is 0 Å². The van der Waals surface area contributed by atoms with Gasteiger partial charge in [-0.25, -0.2) is 0 Å². The van der Waals surface area contributed by atoms with Crippen LogP contribution in [0.5, 0.6) is 0 Å². The number of nitrogens with one attached hydrogen (secondary N) is 1. The molecule has 0 radical (unpaired) electrons. The Kier molecular flexibility index (Phi) is 6.52. The summed E-state index contributed by atoms with van der Waals surface area (Å²) in [6.45, 7) is 8.03. The quantitative estimate of drug-likeness (QED) is 0.696. The third-order valence-corrected chi connectivity index (χ3v) is 2.61. The minimum atomic E-state index is -0.0967. The van der Waals surface area contributed by atoms with E-state index in [9.17, 15) is 4.79 Å². The molecule has 0 aliphatic heterocycles. The van der Waals surface area contributed by atoms with Crippen molar-refractivity contribution in [3.05, 3.63) is 0 Å². The third-order valence-electron chi connectivity index (χ3n) is 2.61. The van der Waals surface area contributed by atoms with Gasteiger partial charge in [0, 0.05) is 33.2 Å². The van der Waals surface area contributed by atoms with E-state index >= 15 is 0 Å². The number of amides is 1. The largest absolute Gasteiger partial charge is 0.347 e. The molecule has 4 heteroatoms. The topological polar surface area (TPSA) is 35.6 Å². The smallest absolute Gasteiger partial charge is 0.238 e. The summed E-state index contributed by atoms with van der Waals surface area (Å²) in [7, 11) is 5.65. The number of carbonyl (C=O) groups excluding carboxylic acids is 1. The van der Waals surface area contributed by atoms with Crippen LogP contribution in [-0.2, 0) is 4.79 Å². The molecule has 1 N–H and O–H groups in total. The standard InChI is InChI=1S/C11H25N3O/c1-9(2)14(6)8-7-12-10(3)11(15)13(4)5/h9-10,12H,7-8H2,1-6H3. The van der Waals surface area contributed by atoms with Crippen LogP contribution in [0.4, 0.5) is 0 Å². The number of hydrogen-bond acceptors (Lipinski definition) is 3. The molecule has 0 rings (SSSR count). The van der Waals surface area contributed by atoms with Crippen molar-refractivity contribution in [2.75, 3.05) is 34.2 Å². The molecule has 1 atom stereocenters. The molecule has 0 aliphatic carbocycles. The Hall–Kier alpha value is -0.610. The van der Waals surface area contributed by atoms with Crippen LogP contribution in [0.15, 0.2) is 0 Å². The molecule has 0 bridgehead atoms. The van der Waals surface area contributed by atoms with E-state index in [1.54, 1.807) is 19.0 Å². The molecular formula is C11H25N3O. The summed E-state index contributed by atoms with van der Waals surface area (Å²) in [5.41, 5.74) is 0. The van der Waals surface area contributed by atoms with Crippen molar-refractivity contribution in [2.45, 2.75) is 32.9 Å². The molecule has 0 saturated heterocycles. The molecule has 0 saturated carbocycles. The fourth-order valence-electron chi connectivity index (χ4n) is 1.19. The van der Waals surface area contributed by atoms with E-state index in [1.165, 1.54) is 0 Å². The molecule has 0 aromatic heterocycles. The van der Waals surface area contributed by atoms with Gasteiger partial charge in [-0.15, -0.1) is 0 Å². The van der Waals surface area contributed by atoms with Gasteiger partial charge in [-0.2, -0.15) is 0 Å². The zero-order valence-electron chi connectivity index (χ0n) is 10.9. The molecular weight excluding hydrogens is 190 g/mol. The van der Waals surface area contributed by atoms with Crippen LogP contribution in [-0.4, -0.2) is 62.0 Å². The molecule has 15 heavy (non-hydrogen) atoms. The molecule has 1 amide bonds. The van der Waals surface area contributed by atoms with Crippen LogP contribution in [0.2, 0.25) is 0 Å². The maximum atomic E-state index is 11.5. The number of hydrogen-bond donors (Lipinski definition) is 1. The van der Waals surface area contributed by atoms with Crippen molar-refractivity contribution >= 4 is 5.91 Å². The van der Waals surface area contributed by atoms with Gasteiger partial charge in [-0.3, -0.25) is 4.79 Å². The SMILES string of the molecule is CC(NCCN(C)C(C)C)C(=O)N(C)C. The van der Waals surface area contributed by atoms with Crippen LogP contribution in [0.25, 0.3) is 0 Å². The first kappa shape index (κ1) is 14.4. The minimum absolute atomic E-state index is 0.0967. The average Bonchev–Trinajstić information content (AvgIpc) is 2.15. The maximum Gasteiger partial charge on any atom is 0.238 e. The Morgan fingerprint density at radius 1 is 1.20 bits per heavy atom. The lowest BCUT2D eigenvalue weighted by molar-refractivity contribution is -0.130. The van der Waals surface area contributed by atoms with Crippen molar-refractivity contribution in [2.24, 2.45) is 0 Å². The van der Waals surface area contributed by atoms with Crippen molar-refractivity contribution in [1.29, 1.82) is 0 Å². The summed E-state index contributed by atoms with van der Waals surface area (Å²) in [4.78, 5) is 15.4. The van der Waals surface area contributed by atoms with E-state index in [0.29, 0.717) is 6.04 Å². The second-order valence-corrected chi connectivity index (χ2v) is 4.48. The van der Waals surface area contributed by atoms with Gasteiger partial charge >= 0.3 is 0 Å². The summed E-state index contributed by atoms with van der Waals surface area (Å²) in [5, 5.41) is 3.22. The van der Waals surface area contributed by atoms with Gasteiger partial charge < -0.3 is 15.1 Å². The van der Waals surface area contributed by atoms with Crippen molar-refractivity contribution < 1.29 is 4.79 Å². The Balaban J connectivity index is 3.73. The Morgan fingerprint density at radius 3 is 2.13 bits per heavy atom. The van der Waals surface area contributed by atoms with Gasteiger partial charge in [0.2, 0.25) is 5.91 Å². The molecule has 4 nitrogen and oxygen atoms in total. The molecule has 0 aromatic carbocycles. The normalized spacial score (nSPS) is 13.3. The van der Waals surface area contributed by atoms with Crippen LogP contribution < -0.4 is 5.32 Å². The van der Waals surface area contributed by atoms with Crippen molar-refractivity contribution in [3.63, 3.8) is 0 Å². The van der Waals surface area contributed by atoms with E-state index in [0.717, 1.165) is 13.1 Å². The zero-order valence-corrected chi connectivity index (χ0v) is 10.9. The first-order valence-corrected chi connectivity index (χ1v) is 5.51. The highest BCUT2D eigenvalue weighted by Gasteiger charge is 2.13. The Morgan fingerprint density at radius 2 is 1.73 bits per heavy atom. The van der Waals surface area contributed by atoms with E-state index < -0.39 is 0 Å². The van der Waals surface area contributed by atoms with E-state index in [1.807, 2.05) is 6.92 Å². The molecule has 0 aliphatic rings. The second kappa shape index (κ2) is 6.80. The number of rotatable bonds is 6. The predicted molar refractivity (Wildman–Crippen MR) is 63.9 cm³/mol. The highest BCUT2D eigenvalue weighted by atomic mass is 16.2. The lowest BCUT2D eigenvalue weighted by atomic mass is 10.3. The van der Waals surface area contributed by atoms with Crippen molar-refractivity contribution in [1.82, 2.24) is 15.1 Å². The number of nitrogens with zero attached hydrogens (tertiary/aromatic N) is 2. The lowest BCUT2D eigenvalue weighted by Gasteiger charge is -2.23. The van der Waals surface area contributed by atoms with Gasteiger partial charge in [-0.1, -0.05) is 0 Å². The molecule has 0 aromatic rings. The monoisotopic (exact) mass is 215 g/mol. The fourth-order valence-corrected chi connectivity index (χ4v) is 1.19. The summed E-state index contributed by atoms with van der Waals surface area (Å²) < 4.78 is 0. The summed E-state index contributed by atoms with van der Waals surface area (Å²) in [5.74, 6) is 0.127. The van der Waals surface area contributed by atoms with Crippen molar-refractivity contribution in [3.8, 4) is 0 Å². The van der Waals surface area contributed by atoms with Gasteiger partial charge in [-0.05, 0) is 27.8 Å². The maximum absolute atomic E-state index is 11.5. The zero-order chi connectivity index (χ0) is 12.0. The molecule has 0 spiro atoms. The summed E-state index contributed by atoms with van der Waals surface area (Å²) >= 11 is 0. The first-order chi connectivity index (χ1) is 6.86. The van der Waals surface area contributed by atoms with Gasteiger partial charge in [0.1, 0.15) is 0 Å². The molecule has 90 valence electrons. The first-order valence-electron chi connectivity index (χ1n) is 5.51. The Labute approximate surface area is 93.6 Å². The average molecular weight is 215 g/mol. The molecule has 0 fully saturated rings. The summed E-state index contributed by atoms with van der Waals surface area (Å²) in [6.07, 6.45) is 0. The van der Waals surface area contributed by atoms with Crippen LogP contribution in [0, 0.1) is 0 Å². The Bertz CT molecular complexity index is 192. The lowest BCUT2D eigenvalue weighted by Crippen LogP contribution is -2.44. The highest BCUT2D eigenvalue weighted by molar-refractivity contribution is 5.80. The van der Waals surface area contributed by atoms with E-state index in [2.05, 4.69) is 31.1 Å². The van der Waals surface area contributed by atoms with Crippen LogP contribution >= 0.6 is 0 Å². The van der Waals surface area contributed by atoms with Crippen LogP contribution in [0.1, 0.15) is 20.8 Å².